The molecule has 6 heteroatoms. The molecule has 0 aliphatic heterocycles. The Bertz CT molecular complexity index is 735. The minimum atomic E-state index is -1.02. The van der Waals surface area contributed by atoms with Crippen molar-refractivity contribution < 1.29 is 23.8 Å². The fourth-order valence-electron chi connectivity index (χ4n) is 2.64. The van der Waals surface area contributed by atoms with Crippen LogP contribution >= 0.6 is 0 Å². The van der Waals surface area contributed by atoms with E-state index in [4.69, 9.17) is 14.3 Å². The number of hydrogen-bond acceptors (Lipinski definition) is 4. The van der Waals surface area contributed by atoms with E-state index >= 15 is 0 Å². The van der Waals surface area contributed by atoms with Crippen molar-refractivity contribution in [3.05, 3.63) is 47.7 Å². The van der Waals surface area contributed by atoms with Crippen LogP contribution in [0.25, 0.3) is 11.3 Å². The summed E-state index contributed by atoms with van der Waals surface area (Å²) >= 11 is 0. The Labute approximate surface area is 146 Å². The maximum absolute atomic E-state index is 12.4. The number of carboxylic acid groups (broad SMARTS) is 1. The fourth-order valence-corrected chi connectivity index (χ4v) is 2.64. The average molecular weight is 345 g/mol. The van der Waals surface area contributed by atoms with Crippen molar-refractivity contribution in [2.45, 2.75) is 32.2 Å². The molecule has 0 fully saturated rings. The molecule has 0 spiro atoms. The molecule has 1 unspecified atom stereocenters. The molecule has 0 radical (unpaired) electrons. The SMILES string of the molecule is CCc1ccc(-c2ccc(C(=O)NC(C)(COC)CC(=O)O)o2)cc1. The van der Waals surface area contributed by atoms with Gasteiger partial charge in [0, 0.05) is 12.7 Å². The van der Waals surface area contributed by atoms with Crippen molar-refractivity contribution in [1.82, 2.24) is 5.32 Å². The predicted molar refractivity (Wildman–Crippen MR) is 93.5 cm³/mol. The molecule has 0 saturated carbocycles. The third-order valence-corrected chi connectivity index (χ3v) is 3.90. The van der Waals surface area contributed by atoms with Gasteiger partial charge >= 0.3 is 5.97 Å². The standard InChI is InChI=1S/C19H23NO5/c1-4-13-5-7-14(8-6-13)15-9-10-16(25-15)18(23)20-19(2,12-24-3)11-17(21)22/h5-10H,4,11-12H2,1-3H3,(H,20,23)(H,21,22). The van der Waals surface area contributed by atoms with E-state index in [1.165, 1.54) is 12.7 Å². The molecule has 2 rings (SSSR count). The van der Waals surface area contributed by atoms with Gasteiger partial charge in [0.1, 0.15) is 5.76 Å². The van der Waals surface area contributed by atoms with E-state index in [2.05, 4.69) is 12.2 Å². The second-order valence-corrected chi connectivity index (χ2v) is 6.23. The van der Waals surface area contributed by atoms with Crippen LogP contribution in [0.2, 0.25) is 0 Å². The third-order valence-electron chi connectivity index (χ3n) is 3.90. The fraction of sp³-hybridized carbons (Fsp3) is 0.368. The Morgan fingerprint density at radius 1 is 1.20 bits per heavy atom. The molecule has 0 aliphatic carbocycles. The quantitative estimate of drug-likeness (QED) is 0.767. The summed E-state index contributed by atoms with van der Waals surface area (Å²) in [7, 11) is 1.46. The lowest BCUT2D eigenvalue weighted by atomic mass is 9.99. The molecule has 0 bridgehead atoms. The van der Waals surface area contributed by atoms with Gasteiger partial charge in [0.25, 0.3) is 5.91 Å². The second-order valence-electron chi connectivity index (χ2n) is 6.23. The lowest BCUT2D eigenvalue weighted by Crippen LogP contribution is -2.50. The number of ether oxygens (including phenoxy) is 1. The van der Waals surface area contributed by atoms with Crippen molar-refractivity contribution in [2.24, 2.45) is 0 Å². The van der Waals surface area contributed by atoms with E-state index < -0.39 is 17.4 Å². The summed E-state index contributed by atoms with van der Waals surface area (Å²) in [5, 5.41) is 11.7. The number of furan rings is 1. The van der Waals surface area contributed by atoms with Crippen LogP contribution in [0.15, 0.2) is 40.8 Å². The first-order valence-electron chi connectivity index (χ1n) is 8.09. The molecule has 25 heavy (non-hydrogen) atoms. The van der Waals surface area contributed by atoms with Crippen molar-refractivity contribution in [2.75, 3.05) is 13.7 Å². The average Bonchev–Trinajstić information content (AvgIpc) is 3.04. The molecule has 1 heterocycles. The summed E-state index contributed by atoms with van der Waals surface area (Å²) in [6, 6.07) is 11.2. The third kappa shape index (κ3) is 4.93. The highest BCUT2D eigenvalue weighted by atomic mass is 16.5. The largest absolute Gasteiger partial charge is 0.481 e. The highest BCUT2D eigenvalue weighted by Gasteiger charge is 2.31. The number of benzene rings is 1. The Balaban J connectivity index is 2.14. The Kier molecular flexibility index (Phi) is 5.98. The molecule has 134 valence electrons. The molecule has 1 amide bonds. The number of carbonyl (C=O) groups excluding carboxylic acids is 1. The van der Waals surface area contributed by atoms with Gasteiger partial charge in [-0.25, -0.2) is 0 Å². The van der Waals surface area contributed by atoms with Crippen molar-refractivity contribution in [3.63, 3.8) is 0 Å². The van der Waals surface area contributed by atoms with Crippen LogP contribution in [0.3, 0.4) is 0 Å². The summed E-state index contributed by atoms with van der Waals surface area (Å²) in [6.07, 6.45) is 0.701. The smallest absolute Gasteiger partial charge is 0.305 e. The summed E-state index contributed by atoms with van der Waals surface area (Å²) in [4.78, 5) is 23.4. The predicted octanol–water partition coefficient (Wildman–Crippen LogP) is 3.12. The Morgan fingerprint density at radius 2 is 1.88 bits per heavy atom. The normalized spacial score (nSPS) is 13.2. The first kappa shape index (κ1) is 18.7. The number of carboxylic acids is 1. The number of aliphatic carboxylic acids is 1. The van der Waals surface area contributed by atoms with E-state index in [1.807, 2.05) is 24.3 Å². The molecule has 2 N–H and O–H groups in total. The molecule has 2 aromatic rings. The van der Waals surface area contributed by atoms with Crippen molar-refractivity contribution >= 4 is 11.9 Å². The van der Waals surface area contributed by atoms with Crippen LogP contribution in [-0.2, 0) is 16.0 Å². The number of rotatable bonds is 8. The Hall–Kier alpha value is -2.60. The summed E-state index contributed by atoms with van der Waals surface area (Å²) in [6.45, 7) is 3.78. The molecule has 0 saturated heterocycles. The van der Waals surface area contributed by atoms with Crippen LogP contribution in [0.5, 0.6) is 0 Å². The lowest BCUT2D eigenvalue weighted by molar-refractivity contribution is -0.139. The van der Waals surface area contributed by atoms with E-state index in [0.717, 1.165) is 12.0 Å². The number of aryl methyl sites for hydroxylation is 1. The van der Waals surface area contributed by atoms with Gasteiger partial charge in [0.15, 0.2) is 5.76 Å². The lowest BCUT2D eigenvalue weighted by Gasteiger charge is -2.27. The van der Waals surface area contributed by atoms with Gasteiger partial charge in [-0.15, -0.1) is 0 Å². The number of carbonyl (C=O) groups is 2. The van der Waals surface area contributed by atoms with Crippen LogP contribution in [0, 0.1) is 0 Å². The van der Waals surface area contributed by atoms with E-state index in [9.17, 15) is 9.59 Å². The highest BCUT2D eigenvalue weighted by Crippen LogP contribution is 2.23. The summed E-state index contributed by atoms with van der Waals surface area (Å²) in [5.74, 6) is -0.782. The zero-order valence-electron chi connectivity index (χ0n) is 14.7. The number of methoxy groups -OCH3 is 1. The second kappa shape index (κ2) is 7.98. The first-order chi connectivity index (χ1) is 11.9. The van der Waals surface area contributed by atoms with Gasteiger partial charge in [-0.1, -0.05) is 31.2 Å². The van der Waals surface area contributed by atoms with E-state index in [1.54, 1.807) is 19.1 Å². The molecule has 1 atom stereocenters. The van der Waals surface area contributed by atoms with Crippen molar-refractivity contribution in [3.8, 4) is 11.3 Å². The monoisotopic (exact) mass is 345 g/mol. The number of amides is 1. The minimum absolute atomic E-state index is 0.0804. The van der Waals surface area contributed by atoms with Gasteiger partial charge in [-0.2, -0.15) is 0 Å². The molecule has 1 aromatic carbocycles. The maximum atomic E-state index is 12.4. The Morgan fingerprint density at radius 3 is 2.44 bits per heavy atom. The highest BCUT2D eigenvalue weighted by molar-refractivity contribution is 5.93. The van der Waals surface area contributed by atoms with Crippen LogP contribution in [0.4, 0.5) is 0 Å². The van der Waals surface area contributed by atoms with E-state index in [0.29, 0.717) is 5.76 Å². The number of hydrogen-bond donors (Lipinski definition) is 2. The molecule has 0 aliphatic rings. The van der Waals surface area contributed by atoms with Crippen LogP contribution in [0.1, 0.15) is 36.4 Å². The van der Waals surface area contributed by atoms with Crippen LogP contribution in [-0.4, -0.2) is 36.2 Å². The van der Waals surface area contributed by atoms with Gasteiger partial charge in [0.05, 0.1) is 18.6 Å². The zero-order valence-corrected chi connectivity index (χ0v) is 14.7. The summed E-state index contributed by atoms with van der Waals surface area (Å²) in [5.41, 5.74) is 1.08. The maximum Gasteiger partial charge on any atom is 0.305 e. The molecule has 1 aromatic heterocycles. The minimum Gasteiger partial charge on any atom is -0.481 e. The van der Waals surface area contributed by atoms with E-state index in [-0.39, 0.29) is 18.8 Å². The molecule has 6 nitrogen and oxygen atoms in total. The molecular formula is C19H23NO5. The van der Waals surface area contributed by atoms with Gasteiger partial charge in [-0.3, -0.25) is 9.59 Å². The number of nitrogens with one attached hydrogen (secondary N) is 1. The van der Waals surface area contributed by atoms with Crippen molar-refractivity contribution in [1.29, 1.82) is 0 Å². The van der Waals surface area contributed by atoms with Crippen LogP contribution < -0.4 is 5.32 Å². The topological polar surface area (TPSA) is 88.8 Å². The van der Waals surface area contributed by atoms with Gasteiger partial charge in [0.2, 0.25) is 0 Å². The molecular weight excluding hydrogens is 322 g/mol. The first-order valence-corrected chi connectivity index (χ1v) is 8.09. The van der Waals surface area contributed by atoms with Gasteiger partial charge in [-0.05, 0) is 31.0 Å². The zero-order chi connectivity index (χ0) is 18.4. The van der Waals surface area contributed by atoms with Gasteiger partial charge < -0.3 is 19.6 Å². The summed E-state index contributed by atoms with van der Waals surface area (Å²) < 4.78 is 10.7.